The number of rotatable bonds is 4. The number of aryl methyl sites for hydroxylation is 1. The highest BCUT2D eigenvalue weighted by Crippen LogP contribution is 2.19. The molecule has 2 aromatic carbocycles. The average Bonchev–Trinajstić information content (AvgIpc) is 2.60. The number of carbonyl (C=O) groups excluding carboxylic acids is 1. The van der Waals surface area contributed by atoms with Crippen LogP contribution in [-0.2, 0) is 10.0 Å². The number of carbonyl (C=O) groups is 1. The van der Waals surface area contributed by atoms with Crippen LogP contribution >= 0.6 is 0 Å². The summed E-state index contributed by atoms with van der Waals surface area (Å²) in [4.78, 5) is 16.9. The lowest BCUT2D eigenvalue weighted by Crippen LogP contribution is -2.30. The van der Waals surface area contributed by atoms with Gasteiger partial charge in [0.15, 0.2) is 0 Å². The van der Waals surface area contributed by atoms with Crippen molar-refractivity contribution in [3.63, 3.8) is 0 Å². The standard InChI is InChI=1S/C18H16N2O4S/c1-12-6-7-13-4-3-5-16(17(13)19-12)18(21)20-25(22,23)15-10-8-14(24-2)9-11-15/h3-11H,1-2H3,(H,20,21). The maximum atomic E-state index is 12.5. The minimum Gasteiger partial charge on any atom is -0.497 e. The number of nitrogens with zero attached hydrogens (tertiary/aromatic N) is 1. The number of fused-ring (bicyclic) bond motifs is 1. The maximum Gasteiger partial charge on any atom is 0.267 e. The summed E-state index contributed by atoms with van der Waals surface area (Å²) in [6.07, 6.45) is 0. The molecular formula is C18H16N2O4S. The summed E-state index contributed by atoms with van der Waals surface area (Å²) in [6, 6.07) is 14.5. The minimum absolute atomic E-state index is 0.0222. The third-order valence-electron chi connectivity index (χ3n) is 3.70. The van der Waals surface area contributed by atoms with Gasteiger partial charge in [-0.25, -0.2) is 13.1 Å². The molecule has 0 radical (unpaired) electrons. The summed E-state index contributed by atoms with van der Waals surface area (Å²) >= 11 is 0. The van der Waals surface area contributed by atoms with E-state index in [9.17, 15) is 13.2 Å². The van der Waals surface area contributed by atoms with E-state index in [1.165, 1.54) is 31.4 Å². The predicted octanol–water partition coefficient (Wildman–Crippen LogP) is 2.67. The van der Waals surface area contributed by atoms with Gasteiger partial charge in [-0.05, 0) is 43.3 Å². The summed E-state index contributed by atoms with van der Waals surface area (Å²) < 4.78 is 31.9. The molecule has 1 N–H and O–H groups in total. The third kappa shape index (κ3) is 3.46. The van der Waals surface area contributed by atoms with Gasteiger partial charge in [-0.2, -0.15) is 0 Å². The first-order chi connectivity index (χ1) is 11.9. The van der Waals surface area contributed by atoms with Crippen LogP contribution in [0.15, 0.2) is 59.5 Å². The number of pyridine rings is 1. The molecule has 1 heterocycles. The van der Waals surface area contributed by atoms with E-state index < -0.39 is 15.9 Å². The van der Waals surface area contributed by atoms with Gasteiger partial charge in [0, 0.05) is 11.1 Å². The molecule has 1 aromatic heterocycles. The molecule has 25 heavy (non-hydrogen) atoms. The molecule has 6 nitrogen and oxygen atoms in total. The van der Waals surface area contributed by atoms with Crippen LogP contribution in [0.5, 0.6) is 5.75 Å². The fourth-order valence-corrected chi connectivity index (χ4v) is 3.38. The average molecular weight is 356 g/mol. The topological polar surface area (TPSA) is 85.4 Å². The maximum absolute atomic E-state index is 12.5. The summed E-state index contributed by atoms with van der Waals surface area (Å²) in [7, 11) is -2.51. The first-order valence-corrected chi connectivity index (χ1v) is 8.96. The van der Waals surface area contributed by atoms with Crippen LogP contribution in [0.4, 0.5) is 0 Å². The van der Waals surface area contributed by atoms with Crippen molar-refractivity contribution in [2.24, 2.45) is 0 Å². The van der Waals surface area contributed by atoms with Gasteiger partial charge in [-0.3, -0.25) is 9.78 Å². The number of benzene rings is 2. The van der Waals surface area contributed by atoms with Crippen molar-refractivity contribution in [2.75, 3.05) is 7.11 Å². The van der Waals surface area contributed by atoms with Gasteiger partial charge in [0.05, 0.1) is 23.1 Å². The van der Waals surface area contributed by atoms with Gasteiger partial charge in [0.1, 0.15) is 5.75 Å². The van der Waals surface area contributed by atoms with E-state index in [1.54, 1.807) is 12.1 Å². The van der Waals surface area contributed by atoms with Crippen molar-refractivity contribution in [3.8, 4) is 5.75 Å². The molecule has 0 aliphatic heterocycles. The first kappa shape index (κ1) is 16.9. The van der Waals surface area contributed by atoms with Crippen LogP contribution in [-0.4, -0.2) is 26.4 Å². The Morgan fingerprint density at radius 2 is 1.76 bits per heavy atom. The molecule has 3 aromatic rings. The molecule has 0 saturated heterocycles. The minimum atomic E-state index is -3.99. The molecule has 7 heteroatoms. The van der Waals surface area contributed by atoms with Crippen molar-refractivity contribution in [2.45, 2.75) is 11.8 Å². The number of hydrogen-bond donors (Lipinski definition) is 1. The number of aromatic nitrogens is 1. The van der Waals surface area contributed by atoms with Gasteiger partial charge >= 0.3 is 0 Å². The smallest absolute Gasteiger partial charge is 0.267 e. The number of methoxy groups -OCH3 is 1. The SMILES string of the molecule is COc1ccc(S(=O)(=O)NC(=O)c2cccc3ccc(C)nc23)cc1. The zero-order valence-electron chi connectivity index (χ0n) is 13.7. The van der Waals surface area contributed by atoms with Gasteiger partial charge in [-0.1, -0.05) is 18.2 Å². The molecule has 0 aliphatic carbocycles. The van der Waals surface area contributed by atoms with Crippen molar-refractivity contribution in [1.29, 1.82) is 0 Å². The molecule has 0 aliphatic rings. The number of sulfonamides is 1. The number of amides is 1. The Morgan fingerprint density at radius 3 is 2.44 bits per heavy atom. The Balaban J connectivity index is 1.95. The molecular weight excluding hydrogens is 340 g/mol. The fourth-order valence-electron chi connectivity index (χ4n) is 2.42. The molecule has 0 spiro atoms. The summed E-state index contributed by atoms with van der Waals surface area (Å²) in [6.45, 7) is 1.81. The second-order valence-corrected chi connectivity index (χ2v) is 7.12. The zero-order valence-corrected chi connectivity index (χ0v) is 14.5. The van der Waals surface area contributed by atoms with Gasteiger partial charge in [0.25, 0.3) is 15.9 Å². The highest BCUT2D eigenvalue weighted by Gasteiger charge is 2.20. The summed E-state index contributed by atoms with van der Waals surface area (Å²) in [5.74, 6) is -0.196. The van der Waals surface area contributed by atoms with Crippen LogP contribution in [0.3, 0.4) is 0 Å². The largest absolute Gasteiger partial charge is 0.497 e. The Morgan fingerprint density at radius 1 is 1.04 bits per heavy atom. The molecule has 1 amide bonds. The Labute approximate surface area is 145 Å². The van der Waals surface area contributed by atoms with Crippen LogP contribution in [0.1, 0.15) is 16.1 Å². The fraction of sp³-hybridized carbons (Fsp3) is 0.111. The molecule has 0 unspecified atom stereocenters. The van der Waals surface area contributed by atoms with E-state index >= 15 is 0 Å². The van der Waals surface area contributed by atoms with E-state index in [2.05, 4.69) is 9.71 Å². The lowest BCUT2D eigenvalue weighted by molar-refractivity contribution is 0.0983. The number of nitrogens with one attached hydrogen (secondary N) is 1. The van der Waals surface area contributed by atoms with Gasteiger partial charge in [-0.15, -0.1) is 0 Å². The number of para-hydroxylation sites is 1. The van der Waals surface area contributed by atoms with E-state index in [1.807, 2.05) is 25.1 Å². The Hall–Kier alpha value is -2.93. The van der Waals surface area contributed by atoms with Crippen LogP contribution < -0.4 is 9.46 Å². The van der Waals surface area contributed by atoms with Crippen LogP contribution in [0.25, 0.3) is 10.9 Å². The van der Waals surface area contributed by atoms with E-state index in [-0.39, 0.29) is 10.5 Å². The first-order valence-electron chi connectivity index (χ1n) is 7.48. The van der Waals surface area contributed by atoms with E-state index in [4.69, 9.17) is 4.74 Å². The monoisotopic (exact) mass is 356 g/mol. The highest BCUT2D eigenvalue weighted by atomic mass is 32.2. The highest BCUT2D eigenvalue weighted by molar-refractivity contribution is 7.90. The second kappa shape index (κ2) is 6.52. The lowest BCUT2D eigenvalue weighted by atomic mass is 10.1. The van der Waals surface area contributed by atoms with Crippen LogP contribution in [0.2, 0.25) is 0 Å². The van der Waals surface area contributed by atoms with Crippen molar-refractivity contribution in [1.82, 2.24) is 9.71 Å². The molecule has 3 rings (SSSR count). The van der Waals surface area contributed by atoms with E-state index in [0.717, 1.165) is 11.1 Å². The van der Waals surface area contributed by atoms with Gasteiger partial charge < -0.3 is 4.74 Å². The number of hydrogen-bond acceptors (Lipinski definition) is 5. The predicted molar refractivity (Wildman–Crippen MR) is 94.1 cm³/mol. The molecule has 0 bridgehead atoms. The molecule has 0 fully saturated rings. The summed E-state index contributed by atoms with van der Waals surface area (Å²) in [5, 5.41) is 0.764. The van der Waals surface area contributed by atoms with Crippen molar-refractivity contribution in [3.05, 3.63) is 65.9 Å². The number of ether oxygens (including phenoxy) is 1. The lowest BCUT2D eigenvalue weighted by Gasteiger charge is -2.09. The van der Waals surface area contributed by atoms with Crippen molar-refractivity contribution < 1.29 is 17.9 Å². The zero-order chi connectivity index (χ0) is 18.0. The Kier molecular flexibility index (Phi) is 4.41. The quantitative estimate of drug-likeness (QED) is 0.777. The van der Waals surface area contributed by atoms with Crippen molar-refractivity contribution >= 4 is 26.8 Å². The molecule has 0 saturated carbocycles. The Bertz CT molecular complexity index is 1040. The normalized spacial score (nSPS) is 11.3. The van der Waals surface area contributed by atoms with E-state index in [0.29, 0.717) is 11.3 Å². The van der Waals surface area contributed by atoms with Gasteiger partial charge in [0.2, 0.25) is 0 Å². The molecule has 128 valence electrons. The summed E-state index contributed by atoms with van der Waals surface area (Å²) in [5.41, 5.74) is 1.41. The molecule has 0 atom stereocenters. The second-order valence-electron chi connectivity index (χ2n) is 5.44. The third-order valence-corrected chi connectivity index (χ3v) is 5.05. The van der Waals surface area contributed by atoms with Crippen LogP contribution in [0, 0.1) is 6.92 Å².